The lowest BCUT2D eigenvalue weighted by molar-refractivity contribution is 0.302. The molecular weight excluding hydrogens is 293 g/mol. The van der Waals surface area contributed by atoms with Gasteiger partial charge in [0.2, 0.25) is 0 Å². The molecule has 0 aliphatic rings. The largest absolute Gasteiger partial charge is 0.488 e. The molecule has 0 radical (unpaired) electrons. The van der Waals surface area contributed by atoms with Crippen molar-refractivity contribution >= 4 is 23.2 Å². The summed E-state index contributed by atoms with van der Waals surface area (Å²) in [6, 6.07) is 13.4. The third-order valence-corrected chi connectivity index (χ3v) is 3.68. The molecule has 2 rings (SSSR count). The maximum absolute atomic E-state index is 6.14. The first kappa shape index (κ1) is 15.2. The number of para-hydroxylation sites is 1. The standard InChI is InChI=1S/C16H17Cl2NO/c1-2-19-10-12-6-3-4-9-16(12)20-11-13-14(17)7-5-8-15(13)18/h3-9,19H,2,10-11H2,1H3. The van der Waals surface area contributed by atoms with Crippen molar-refractivity contribution in [2.24, 2.45) is 0 Å². The third-order valence-electron chi connectivity index (χ3n) is 2.97. The second-order valence-corrected chi connectivity index (χ2v) is 5.19. The first-order chi connectivity index (χ1) is 9.72. The molecule has 0 unspecified atom stereocenters. The van der Waals surface area contributed by atoms with Crippen LogP contribution in [0.5, 0.6) is 5.75 Å². The van der Waals surface area contributed by atoms with E-state index in [1.54, 1.807) is 0 Å². The van der Waals surface area contributed by atoms with E-state index in [0.29, 0.717) is 16.7 Å². The Labute approximate surface area is 129 Å². The Morgan fingerprint density at radius 3 is 2.40 bits per heavy atom. The Morgan fingerprint density at radius 2 is 1.70 bits per heavy atom. The van der Waals surface area contributed by atoms with Gasteiger partial charge in [0.05, 0.1) is 0 Å². The fraction of sp³-hybridized carbons (Fsp3) is 0.250. The summed E-state index contributed by atoms with van der Waals surface area (Å²) in [7, 11) is 0. The average Bonchev–Trinajstić information content (AvgIpc) is 2.45. The highest BCUT2D eigenvalue weighted by atomic mass is 35.5. The normalized spacial score (nSPS) is 10.6. The molecule has 0 saturated heterocycles. The Hall–Kier alpha value is -1.22. The number of benzene rings is 2. The van der Waals surface area contributed by atoms with Crippen LogP contribution in [0, 0.1) is 0 Å². The Morgan fingerprint density at radius 1 is 1.00 bits per heavy atom. The fourth-order valence-electron chi connectivity index (χ4n) is 1.87. The van der Waals surface area contributed by atoms with Crippen molar-refractivity contribution < 1.29 is 4.74 Å². The van der Waals surface area contributed by atoms with Crippen LogP contribution in [0.25, 0.3) is 0 Å². The molecule has 0 fully saturated rings. The first-order valence-corrected chi connectivity index (χ1v) is 7.32. The molecule has 0 spiro atoms. The van der Waals surface area contributed by atoms with E-state index in [9.17, 15) is 0 Å². The lowest BCUT2D eigenvalue weighted by Crippen LogP contribution is -2.12. The topological polar surface area (TPSA) is 21.3 Å². The highest BCUT2D eigenvalue weighted by molar-refractivity contribution is 6.35. The fourth-order valence-corrected chi connectivity index (χ4v) is 2.38. The van der Waals surface area contributed by atoms with Crippen LogP contribution in [0.15, 0.2) is 42.5 Å². The van der Waals surface area contributed by atoms with E-state index in [2.05, 4.69) is 12.2 Å². The van der Waals surface area contributed by atoms with Gasteiger partial charge in [0.25, 0.3) is 0 Å². The Bertz CT molecular complexity index is 552. The number of rotatable bonds is 6. The lowest BCUT2D eigenvalue weighted by atomic mass is 10.2. The number of hydrogen-bond donors (Lipinski definition) is 1. The average molecular weight is 310 g/mol. The monoisotopic (exact) mass is 309 g/mol. The number of ether oxygens (including phenoxy) is 1. The molecule has 0 heterocycles. The van der Waals surface area contributed by atoms with E-state index in [0.717, 1.165) is 30.0 Å². The van der Waals surface area contributed by atoms with Gasteiger partial charge in [-0.1, -0.05) is 54.4 Å². The molecule has 4 heteroatoms. The second kappa shape index (κ2) is 7.53. The minimum Gasteiger partial charge on any atom is -0.488 e. The van der Waals surface area contributed by atoms with Gasteiger partial charge in [-0.3, -0.25) is 0 Å². The van der Waals surface area contributed by atoms with E-state index in [1.165, 1.54) is 0 Å². The van der Waals surface area contributed by atoms with E-state index in [1.807, 2.05) is 42.5 Å². The summed E-state index contributed by atoms with van der Waals surface area (Å²) in [5.41, 5.74) is 1.94. The maximum atomic E-state index is 6.14. The predicted octanol–water partition coefficient (Wildman–Crippen LogP) is 4.68. The summed E-state index contributed by atoms with van der Waals surface area (Å²) >= 11 is 12.3. The van der Waals surface area contributed by atoms with Crippen LogP contribution in [0.3, 0.4) is 0 Å². The van der Waals surface area contributed by atoms with Crippen LogP contribution in [0.1, 0.15) is 18.1 Å². The van der Waals surface area contributed by atoms with Gasteiger partial charge in [0, 0.05) is 27.7 Å². The van der Waals surface area contributed by atoms with Crippen LogP contribution in [-0.4, -0.2) is 6.54 Å². The Balaban J connectivity index is 2.11. The summed E-state index contributed by atoms with van der Waals surface area (Å²) in [5, 5.41) is 4.55. The van der Waals surface area contributed by atoms with Gasteiger partial charge in [-0.05, 0) is 24.7 Å². The molecule has 2 aromatic rings. The smallest absolute Gasteiger partial charge is 0.124 e. The third kappa shape index (κ3) is 3.89. The summed E-state index contributed by atoms with van der Waals surface area (Å²) in [6.45, 7) is 4.14. The van der Waals surface area contributed by atoms with Crippen molar-refractivity contribution in [3.05, 3.63) is 63.6 Å². The van der Waals surface area contributed by atoms with Gasteiger partial charge in [-0.15, -0.1) is 0 Å². The summed E-state index contributed by atoms with van der Waals surface area (Å²) < 4.78 is 5.87. The molecule has 0 aliphatic heterocycles. The van der Waals surface area contributed by atoms with Crippen molar-refractivity contribution in [3.63, 3.8) is 0 Å². The quantitative estimate of drug-likeness (QED) is 0.836. The summed E-state index contributed by atoms with van der Waals surface area (Å²) in [6.07, 6.45) is 0. The summed E-state index contributed by atoms with van der Waals surface area (Å²) in [5.74, 6) is 0.851. The van der Waals surface area contributed by atoms with Gasteiger partial charge in [0.15, 0.2) is 0 Å². The van der Waals surface area contributed by atoms with Crippen molar-refractivity contribution in [1.82, 2.24) is 5.32 Å². The van der Waals surface area contributed by atoms with E-state index in [4.69, 9.17) is 27.9 Å². The SMILES string of the molecule is CCNCc1ccccc1OCc1c(Cl)cccc1Cl. The van der Waals surface area contributed by atoms with Crippen LogP contribution < -0.4 is 10.1 Å². The minimum atomic E-state index is 0.363. The number of halogens is 2. The molecule has 0 aliphatic carbocycles. The predicted molar refractivity (Wildman–Crippen MR) is 84.6 cm³/mol. The van der Waals surface area contributed by atoms with E-state index >= 15 is 0 Å². The Kier molecular flexibility index (Phi) is 5.72. The van der Waals surface area contributed by atoms with Crippen molar-refractivity contribution in [2.45, 2.75) is 20.1 Å². The van der Waals surface area contributed by atoms with Gasteiger partial charge >= 0.3 is 0 Å². The number of nitrogens with one attached hydrogen (secondary N) is 1. The van der Waals surface area contributed by atoms with E-state index < -0.39 is 0 Å². The summed E-state index contributed by atoms with van der Waals surface area (Å²) in [4.78, 5) is 0. The molecule has 0 saturated carbocycles. The molecule has 2 aromatic carbocycles. The zero-order valence-electron chi connectivity index (χ0n) is 11.3. The zero-order valence-corrected chi connectivity index (χ0v) is 12.8. The molecule has 2 nitrogen and oxygen atoms in total. The van der Waals surface area contributed by atoms with Crippen molar-refractivity contribution in [2.75, 3.05) is 6.54 Å². The molecule has 0 atom stereocenters. The number of hydrogen-bond acceptors (Lipinski definition) is 2. The first-order valence-electron chi connectivity index (χ1n) is 6.56. The maximum Gasteiger partial charge on any atom is 0.124 e. The molecule has 0 bridgehead atoms. The molecule has 20 heavy (non-hydrogen) atoms. The van der Waals surface area contributed by atoms with Crippen molar-refractivity contribution in [3.8, 4) is 5.75 Å². The molecule has 1 N–H and O–H groups in total. The van der Waals surface area contributed by atoms with Gasteiger partial charge < -0.3 is 10.1 Å². The van der Waals surface area contributed by atoms with Crippen molar-refractivity contribution in [1.29, 1.82) is 0 Å². The van der Waals surface area contributed by atoms with Crippen LogP contribution in [-0.2, 0) is 13.2 Å². The van der Waals surface area contributed by atoms with Crippen LogP contribution >= 0.6 is 23.2 Å². The highest BCUT2D eigenvalue weighted by Crippen LogP contribution is 2.27. The van der Waals surface area contributed by atoms with Gasteiger partial charge in [0.1, 0.15) is 12.4 Å². The molecule has 0 aromatic heterocycles. The minimum absolute atomic E-state index is 0.363. The van der Waals surface area contributed by atoms with Gasteiger partial charge in [-0.2, -0.15) is 0 Å². The van der Waals surface area contributed by atoms with Crippen LogP contribution in [0.2, 0.25) is 10.0 Å². The highest BCUT2D eigenvalue weighted by Gasteiger charge is 2.08. The second-order valence-electron chi connectivity index (χ2n) is 4.38. The molecule has 0 amide bonds. The zero-order chi connectivity index (χ0) is 14.4. The van der Waals surface area contributed by atoms with Crippen LogP contribution in [0.4, 0.5) is 0 Å². The van der Waals surface area contributed by atoms with Gasteiger partial charge in [-0.25, -0.2) is 0 Å². The lowest BCUT2D eigenvalue weighted by Gasteiger charge is -2.13. The molecule has 106 valence electrons. The molecular formula is C16H17Cl2NO. The van der Waals surface area contributed by atoms with E-state index in [-0.39, 0.29) is 0 Å².